The molecule has 0 unspecified atom stereocenters. The van der Waals surface area contributed by atoms with Crippen LogP contribution >= 0.6 is 0 Å². The van der Waals surface area contributed by atoms with E-state index in [1.54, 1.807) is 6.92 Å². The summed E-state index contributed by atoms with van der Waals surface area (Å²) in [5, 5.41) is 11.2. The first-order chi connectivity index (χ1) is 7.78. The van der Waals surface area contributed by atoms with Crippen LogP contribution < -0.4 is 5.32 Å². The maximum Gasteiger partial charge on any atom is 0.230 e. The zero-order chi connectivity index (χ0) is 12.7. The summed E-state index contributed by atoms with van der Waals surface area (Å²) in [4.78, 5) is 0. The van der Waals surface area contributed by atoms with Crippen LogP contribution in [0.2, 0.25) is 0 Å². The van der Waals surface area contributed by atoms with E-state index in [2.05, 4.69) is 43.2 Å². The lowest BCUT2D eigenvalue weighted by Crippen LogP contribution is -2.43. The van der Waals surface area contributed by atoms with Gasteiger partial charge in [0.25, 0.3) is 0 Å². The Morgan fingerprint density at radius 2 is 2.00 bits per heavy atom. The van der Waals surface area contributed by atoms with Crippen LogP contribution in [0, 0.1) is 6.92 Å². The molecule has 0 radical (unpaired) electrons. The maximum atomic E-state index is 6.01. The minimum Gasteiger partial charge on any atom is -0.424 e. The normalized spacial score (nSPS) is 26.3. The van der Waals surface area contributed by atoms with Gasteiger partial charge in [-0.2, -0.15) is 0 Å². The first kappa shape index (κ1) is 12.5. The molecule has 1 saturated heterocycles. The predicted molar refractivity (Wildman–Crippen MR) is 63.5 cm³/mol. The lowest BCUT2D eigenvalue weighted by Gasteiger charge is -2.27. The Bertz CT molecular complexity index is 398. The molecule has 0 aromatic carbocycles. The fraction of sp³-hybridized carbons (Fsp3) is 0.833. The van der Waals surface area contributed by atoms with Crippen LogP contribution in [0.1, 0.15) is 45.9 Å². The topological polar surface area (TPSA) is 60.2 Å². The summed E-state index contributed by atoms with van der Waals surface area (Å²) in [6.45, 7) is 10.8. The molecule has 1 aromatic heterocycles. The fourth-order valence-corrected chi connectivity index (χ4v) is 2.50. The van der Waals surface area contributed by atoms with E-state index < -0.39 is 0 Å². The number of nitrogens with one attached hydrogen (secondary N) is 1. The summed E-state index contributed by atoms with van der Waals surface area (Å²) in [6.07, 6.45) is 0.979. The molecule has 1 atom stereocenters. The third kappa shape index (κ3) is 2.84. The molecule has 0 amide bonds. The van der Waals surface area contributed by atoms with Crippen LogP contribution in [0.4, 0.5) is 0 Å². The van der Waals surface area contributed by atoms with Crippen molar-refractivity contribution >= 4 is 0 Å². The molecule has 96 valence electrons. The molecule has 1 N–H and O–H groups in total. The highest BCUT2D eigenvalue weighted by atomic mass is 16.5. The van der Waals surface area contributed by atoms with Crippen LogP contribution in [0.15, 0.2) is 4.42 Å². The third-order valence-corrected chi connectivity index (χ3v) is 3.14. The van der Waals surface area contributed by atoms with Crippen molar-refractivity contribution in [3.63, 3.8) is 0 Å². The number of nitrogens with zero attached hydrogens (tertiary/aromatic N) is 2. The second kappa shape index (κ2) is 4.07. The number of aryl methyl sites for hydroxylation is 1. The molecule has 1 aliphatic heterocycles. The van der Waals surface area contributed by atoms with Crippen LogP contribution in [0.5, 0.6) is 0 Å². The van der Waals surface area contributed by atoms with Crippen molar-refractivity contribution in [3.05, 3.63) is 11.8 Å². The molecular formula is C12H21N3O2. The zero-order valence-corrected chi connectivity index (χ0v) is 11.2. The summed E-state index contributed by atoms with van der Waals surface area (Å²) in [7, 11) is 0. The minimum absolute atomic E-state index is 0.0775. The Balaban J connectivity index is 1.95. The Kier molecular flexibility index (Phi) is 2.99. The van der Waals surface area contributed by atoms with Gasteiger partial charge < -0.3 is 14.5 Å². The number of rotatable bonds is 3. The van der Waals surface area contributed by atoms with Gasteiger partial charge in [0.05, 0.1) is 17.7 Å². The van der Waals surface area contributed by atoms with Gasteiger partial charge >= 0.3 is 0 Å². The molecule has 1 aromatic rings. The molecule has 0 aliphatic carbocycles. The number of aromatic nitrogens is 2. The van der Waals surface area contributed by atoms with Crippen LogP contribution in [-0.4, -0.2) is 27.4 Å². The van der Waals surface area contributed by atoms with E-state index in [-0.39, 0.29) is 11.2 Å². The highest BCUT2D eigenvalue weighted by Crippen LogP contribution is 2.37. The Labute approximate surface area is 102 Å². The van der Waals surface area contributed by atoms with Gasteiger partial charge in [-0.05, 0) is 34.1 Å². The first-order valence-electron chi connectivity index (χ1n) is 6.01. The average Bonchev–Trinajstić information content (AvgIpc) is 2.64. The summed E-state index contributed by atoms with van der Waals surface area (Å²) in [5.41, 5.74) is -0.246. The zero-order valence-electron chi connectivity index (χ0n) is 11.2. The monoisotopic (exact) mass is 239 g/mol. The van der Waals surface area contributed by atoms with Gasteiger partial charge in [-0.15, -0.1) is 10.2 Å². The van der Waals surface area contributed by atoms with Crippen LogP contribution in [0.25, 0.3) is 0 Å². The molecule has 5 nitrogen and oxygen atoms in total. The van der Waals surface area contributed by atoms with Gasteiger partial charge in [0.1, 0.15) is 0 Å². The van der Waals surface area contributed by atoms with E-state index in [1.165, 1.54) is 0 Å². The van der Waals surface area contributed by atoms with Crippen LogP contribution in [0.3, 0.4) is 0 Å². The number of hydrogen-bond acceptors (Lipinski definition) is 5. The third-order valence-electron chi connectivity index (χ3n) is 3.14. The molecule has 0 bridgehead atoms. The van der Waals surface area contributed by atoms with Crippen LogP contribution in [-0.2, 0) is 11.3 Å². The summed E-state index contributed by atoms with van der Waals surface area (Å²) < 4.78 is 11.4. The molecular weight excluding hydrogens is 218 g/mol. The number of hydrogen-bond donors (Lipinski definition) is 1. The predicted octanol–water partition coefficient (Wildman–Crippen LogP) is 1.81. The van der Waals surface area contributed by atoms with Crippen molar-refractivity contribution in [1.82, 2.24) is 15.5 Å². The SMILES string of the molecule is Cc1nnc(CN[C@H]2CC(C)(C)OC2(C)C)o1. The van der Waals surface area contributed by atoms with Crippen molar-refractivity contribution < 1.29 is 9.15 Å². The van der Waals surface area contributed by atoms with Gasteiger partial charge in [-0.1, -0.05) is 0 Å². The Morgan fingerprint density at radius 3 is 2.47 bits per heavy atom. The molecule has 17 heavy (non-hydrogen) atoms. The first-order valence-corrected chi connectivity index (χ1v) is 6.01. The van der Waals surface area contributed by atoms with Gasteiger partial charge in [-0.25, -0.2) is 0 Å². The largest absolute Gasteiger partial charge is 0.424 e. The highest BCUT2D eigenvalue weighted by molar-refractivity contribution is 4.99. The maximum absolute atomic E-state index is 6.01. The van der Waals surface area contributed by atoms with E-state index in [9.17, 15) is 0 Å². The molecule has 1 aliphatic rings. The molecule has 2 heterocycles. The minimum atomic E-state index is -0.168. The van der Waals surface area contributed by atoms with E-state index in [0.717, 1.165) is 6.42 Å². The molecule has 1 fully saturated rings. The smallest absolute Gasteiger partial charge is 0.230 e. The van der Waals surface area contributed by atoms with Crippen molar-refractivity contribution in [3.8, 4) is 0 Å². The molecule has 0 saturated carbocycles. The highest BCUT2D eigenvalue weighted by Gasteiger charge is 2.45. The quantitative estimate of drug-likeness (QED) is 0.871. The van der Waals surface area contributed by atoms with Gasteiger partial charge in [0.2, 0.25) is 11.8 Å². The Morgan fingerprint density at radius 1 is 1.29 bits per heavy atom. The van der Waals surface area contributed by atoms with Crippen molar-refractivity contribution in [2.24, 2.45) is 0 Å². The summed E-state index contributed by atoms with van der Waals surface area (Å²) in [6, 6.07) is 0.296. The van der Waals surface area contributed by atoms with Crippen molar-refractivity contribution in [2.45, 2.75) is 64.8 Å². The lowest BCUT2D eigenvalue weighted by molar-refractivity contribution is -0.0699. The molecule has 5 heteroatoms. The summed E-state index contributed by atoms with van der Waals surface area (Å²) >= 11 is 0. The van der Waals surface area contributed by atoms with E-state index in [0.29, 0.717) is 24.4 Å². The van der Waals surface area contributed by atoms with E-state index in [4.69, 9.17) is 9.15 Å². The van der Waals surface area contributed by atoms with E-state index >= 15 is 0 Å². The summed E-state index contributed by atoms with van der Waals surface area (Å²) in [5.74, 6) is 1.23. The van der Waals surface area contributed by atoms with E-state index in [1.807, 2.05) is 0 Å². The molecule has 0 spiro atoms. The van der Waals surface area contributed by atoms with Gasteiger partial charge in [-0.3, -0.25) is 0 Å². The standard InChI is InChI=1S/C12H21N3O2/c1-8-14-15-10(16-8)7-13-9-6-11(2,3)17-12(9,4)5/h9,13H,6-7H2,1-5H3/t9-/m0/s1. The second-order valence-corrected chi connectivity index (χ2v) is 5.82. The fourth-order valence-electron chi connectivity index (χ4n) is 2.50. The van der Waals surface area contributed by atoms with Gasteiger partial charge in [0, 0.05) is 13.0 Å². The van der Waals surface area contributed by atoms with Crippen molar-refractivity contribution in [2.75, 3.05) is 0 Å². The lowest BCUT2D eigenvalue weighted by atomic mass is 9.94. The van der Waals surface area contributed by atoms with Gasteiger partial charge in [0.15, 0.2) is 0 Å². The second-order valence-electron chi connectivity index (χ2n) is 5.82. The van der Waals surface area contributed by atoms with Crippen molar-refractivity contribution in [1.29, 1.82) is 0 Å². The molecule has 2 rings (SSSR count). The number of ether oxygens (including phenoxy) is 1. The average molecular weight is 239 g/mol. The Hall–Kier alpha value is -0.940.